The molecular formula is C27H29O15-. The highest BCUT2D eigenvalue weighted by molar-refractivity contribution is 5.89. The first kappa shape index (κ1) is 30.1. The monoisotopic (exact) mass is 593 g/mol. The standard InChI is InChI=1S/C27H30O15/c28-7-15-20(35)22(37)26(42-27-23(38)21(36)19(34)16(8-29)41-27)25(40-15)18-12(32)5-11(31)17-13(33)6-14(39-24(17)18)9-1-3-10(30)4-2-9/h1-6,15-16,19-23,25-32,34-38H,7-8H2/p-1/t15-,16-,19-,20-,21+,22+,23-,25+,26-,27+/m1/s1. The molecule has 2 fully saturated rings. The number of ether oxygens (including phenoxy) is 3. The molecule has 0 unspecified atom stereocenters. The lowest BCUT2D eigenvalue weighted by Crippen LogP contribution is -2.62. The number of aliphatic hydroxyl groups is 7. The minimum absolute atomic E-state index is 0.0755. The molecule has 0 radical (unpaired) electrons. The maximum Gasteiger partial charge on any atom is 0.197 e. The highest BCUT2D eigenvalue weighted by Crippen LogP contribution is 2.44. The van der Waals surface area contributed by atoms with Crippen LogP contribution in [0.4, 0.5) is 0 Å². The van der Waals surface area contributed by atoms with Gasteiger partial charge in [-0.2, -0.15) is 0 Å². The topological polar surface area (TPSA) is 263 Å². The maximum absolute atomic E-state index is 13.4. The van der Waals surface area contributed by atoms with E-state index in [0.29, 0.717) is 11.6 Å². The first-order valence-corrected chi connectivity index (χ1v) is 12.8. The number of aromatic hydroxyl groups is 2. The van der Waals surface area contributed by atoms with Crippen molar-refractivity contribution in [1.29, 1.82) is 0 Å². The molecule has 15 heteroatoms. The molecular weight excluding hydrogens is 564 g/mol. The molecule has 9 N–H and O–H groups in total. The van der Waals surface area contributed by atoms with E-state index < -0.39 is 108 Å². The third-order valence-corrected chi connectivity index (χ3v) is 7.42. The molecule has 0 aliphatic carbocycles. The van der Waals surface area contributed by atoms with E-state index in [1.54, 1.807) is 0 Å². The molecule has 1 aromatic heterocycles. The van der Waals surface area contributed by atoms with Gasteiger partial charge < -0.3 is 69.7 Å². The zero-order valence-corrected chi connectivity index (χ0v) is 21.6. The van der Waals surface area contributed by atoms with Gasteiger partial charge in [-0.05, 0) is 30.3 Å². The van der Waals surface area contributed by atoms with Crippen LogP contribution in [0.1, 0.15) is 11.7 Å². The van der Waals surface area contributed by atoms with Gasteiger partial charge in [-0.3, -0.25) is 4.79 Å². The number of hydrogen-bond donors (Lipinski definition) is 9. The molecule has 3 aromatic rings. The Hall–Kier alpha value is -3.35. The van der Waals surface area contributed by atoms with Crippen molar-refractivity contribution in [3.05, 3.63) is 52.2 Å². The van der Waals surface area contributed by atoms with Gasteiger partial charge in [-0.1, -0.05) is 5.75 Å². The minimum Gasteiger partial charge on any atom is -0.872 e. The lowest BCUT2D eigenvalue weighted by Gasteiger charge is -2.46. The largest absolute Gasteiger partial charge is 0.872 e. The summed E-state index contributed by atoms with van der Waals surface area (Å²) in [4.78, 5) is 13.1. The predicted octanol–water partition coefficient (Wildman–Crippen LogP) is -2.72. The summed E-state index contributed by atoms with van der Waals surface area (Å²) in [6, 6.07) is 7.23. The summed E-state index contributed by atoms with van der Waals surface area (Å²) in [5.74, 6) is -1.85. The van der Waals surface area contributed by atoms with Crippen molar-refractivity contribution in [3.63, 3.8) is 0 Å². The van der Waals surface area contributed by atoms with E-state index in [1.165, 1.54) is 24.3 Å². The van der Waals surface area contributed by atoms with Crippen LogP contribution in [-0.4, -0.2) is 114 Å². The number of fused-ring (bicyclic) bond motifs is 1. The smallest absolute Gasteiger partial charge is 0.197 e. The number of phenols is 2. The highest BCUT2D eigenvalue weighted by Gasteiger charge is 2.51. The van der Waals surface area contributed by atoms with Gasteiger partial charge in [-0.15, -0.1) is 0 Å². The van der Waals surface area contributed by atoms with Crippen LogP contribution in [-0.2, 0) is 14.2 Å². The van der Waals surface area contributed by atoms with Crippen LogP contribution in [0, 0.1) is 0 Å². The van der Waals surface area contributed by atoms with Crippen LogP contribution < -0.4 is 10.5 Å². The third kappa shape index (κ3) is 5.20. The molecule has 15 nitrogen and oxygen atoms in total. The Bertz CT molecular complexity index is 1470. The van der Waals surface area contributed by atoms with E-state index in [0.717, 1.165) is 6.07 Å². The Morgan fingerprint density at radius 3 is 2.07 bits per heavy atom. The van der Waals surface area contributed by atoms with E-state index in [4.69, 9.17) is 18.6 Å². The van der Waals surface area contributed by atoms with Crippen molar-refractivity contribution in [1.82, 2.24) is 0 Å². The first-order chi connectivity index (χ1) is 20.0. The Morgan fingerprint density at radius 1 is 0.810 bits per heavy atom. The van der Waals surface area contributed by atoms with E-state index in [1.807, 2.05) is 0 Å². The average molecular weight is 594 g/mol. The van der Waals surface area contributed by atoms with Crippen LogP contribution in [0.2, 0.25) is 0 Å². The molecule has 2 saturated heterocycles. The van der Waals surface area contributed by atoms with Gasteiger partial charge in [0.05, 0.1) is 13.2 Å². The fourth-order valence-corrected chi connectivity index (χ4v) is 5.16. The van der Waals surface area contributed by atoms with Crippen molar-refractivity contribution in [2.24, 2.45) is 0 Å². The van der Waals surface area contributed by atoms with Gasteiger partial charge >= 0.3 is 0 Å². The van der Waals surface area contributed by atoms with Crippen molar-refractivity contribution < 1.29 is 69.7 Å². The number of phenolic OH excluding ortho intramolecular Hbond substituents is 2. The summed E-state index contributed by atoms with van der Waals surface area (Å²) in [6.07, 6.45) is -17.6. The number of aliphatic hydroxyl groups excluding tert-OH is 7. The quantitative estimate of drug-likeness (QED) is 0.141. The van der Waals surface area contributed by atoms with E-state index >= 15 is 0 Å². The Kier molecular flexibility index (Phi) is 8.41. The second-order valence-corrected chi connectivity index (χ2v) is 10.1. The zero-order chi connectivity index (χ0) is 30.5. The zero-order valence-electron chi connectivity index (χ0n) is 21.6. The highest BCUT2D eigenvalue weighted by atomic mass is 16.7. The number of benzene rings is 2. The molecule has 0 saturated carbocycles. The summed E-state index contributed by atoms with van der Waals surface area (Å²) in [5, 5.41) is 105. The Morgan fingerprint density at radius 2 is 1.43 bits per heavy atom. The lowest BCUT2D eigenvalue weighted by atomic mass is 9.89. The second-order valence-electron chi connectivity index (χ2n) is 10.1. The molecule has 2 aliphatic rings. The molecule has 2 aromatic carbocycles. The van der Waals surface area contributed by atoms with Gasteiger partial charge in [0.15, 0.2) is 11.7 Å². The number of hydrogen-bond acceptors (Lipinski definition) is 15. The van der Waals surface area contributed by atoms with Gasteiger partial charge in [-0.25, -0.2) is 0 Å². The van der Waals surface area contributed by atoms with Crippen LogP contribution in [0.5, 0.6) is 17.2 Å². The van der Waals surface area contributed by atoms with Crippen molar-refractivity contribution in [2.45, 2.75) is 61.2 Å². The van der Waals surface area contributed by atoms with Crippen molar-refractivity contribution in [2.75, 3.05) is 13.2 Å². The Balaban J connectivity index is 1.66. The molecule has 228 valence electrons. The molecule has 10 atom stereocenters. The van der Waals surface area contributed by atoms with Crippen molar-refractivity contribution in [3.8, 4) is 28.6 Å². The summed E-state index contributed by atoms with van der Waals surface area (Å²) in [7, 11) is 0. The van der Waals surface area contributed by atoms with Gasteiger partial charge in [0.2, 0.25) is 0 Å². The van der Waals surface area contributed by atoms with Crippen molar-refractivity contribution >= 4 is 11.0 Å². The van der Waals surface area contributed by atoms with E-state index in [-0.39, 0.29) is 11.5 Å². The fourth-order valence-electron chi connectivity index (χ4n) is 5.16. The first-order valence-electron chi connectivity index (χ1n) is 12.8. The molecule has 2 aliphatic heterocycles. The molecule has 5 rings (SSSR count). The van der Waals surface area contributed by atoms with Crippen LogP contribution >= 0.6 is 0 Å². The molecule has 42 heavy (non-hydrogen) atoms. The summed E-state index contributed by atoms with van der Waals surface area (Å²) < 4.78 is 22.7. The summed E-state index contributed by atoms with van der Waals surface area (Å²) in [5.41, 5.74) is -1.43. The minimum atomic E-state index is -1.94. The van der Waals surface area contributed by atoms with E-state index in [9.17, 15) is 55.9 Å². The summed E-state index contributed by atoms with van der Waals surface area (Å²) >= 11 is 0. The van der Waals surface area contributed by atoms with Gasteiger partial charge in [0.1, 0.15) is 83.2 Å². The molecule has 0 spiro atoms. The van der Waals surface area contributed by atoms with Gasteiger partial charge in [0, 0.05) is 17.2 Å². The number of rotatable bonds is 6. The predicted molar refractivity (Wildman–Crippen MR) is 136 cm³/mol. The van der Waals surface area contributed by atoms with Crippen LogP contribution in [0.3, 0.4) is 0 Å². The summed E-state index contributed by atoms with van der Waals surface area (Å²) in [6.45, 7) is -1.64. The Labute approximate surface area is 236 Å². The normalized spacial score (nSPS) is 33.6. The molecule has 0 bridgehead atoms. The average Bonchev–Trinajstić information content (AvgIpc) is 2.96. The van der Waals surface area contributed by atoms with Crippen LogP contribution in [0.15, 0.2) is 45.6 Å². The molecule has 3 heterocycles. The second kappa shape index (κ2) is 11.7. The lowest BCUT2D eigenvalue weighted by molar-refractivity contribution is -0.343. The SMILES string of the molecule is O=c1cc(-c2ccc(O)cc2)oc2c([C@@H]3O[C@H](CO)[C@@H](O)[C@H](O)[C@H]3O[C@@H]3O[C@H](CO)[C@@H](O)[C@H](O)[C@H]3O)c([O-])cc(O)c12. The third-order valence-electron chi connectivity index (χ3n) is 7.42. The van der Waals surface area contributed by atoms with Crippen LogP contribution in [0.25, 0.3) is 22.3 Å². The molecule has 0 amide bonds. The van der Waals surface area contributed by atoms with E-state index in [2.05, 4.69) is 0 Å². The van der Waals surface area contributed by atoms with Gasteiger partial charge in [0.25, 0.3) is 0 Å². The maximum atomic E-state index is 13.4. The fraction of sp³-hybridized carbons (Fsp3) is 0.444.